The first-order chi connectivity index (χ1) is 7.79. The van der Waals surface area contributed by atoms with E-state index < -0.39 is 0 Å². The maximum atomic E-state index is 5.22. The summed E-state index contributed by atoms with van der Waals surface area (Å²) < 4.78 is 6.29. The second-order valence-corrected chi connectivity index (χ2v) is 5.36. The monoisotopic (exact) mass is 333 g/mol. The molecule has 0 spiro atoms. The summed E-state index contributed by atoms with van der Waals surface area (Å²) in [6, 6.07) is 0. The normalized spacial score (nSPS) is 21.1. The molecule has 0 saturated carbocycles. The van der Waals surface area contributed by atoms with Crippen LogP contribution in [0.3, 0.4) is 0 Å². The number of hydrogen-bond acceptors (Lipinski definition) is 4. The summed E-state index contributed by atoms with van der Waals surface area (Å²) in [4.78, 5) is 11.0. The van der Waals surface area contributed by atoms with E-state index in [0.717, 1.165) is 29.2 Å². The number of rotatable bonds is 3. The molecule has 0 amide bonds. The van der Waals surface area contributed by atoms with E-state index in [-0.39, 0.29) is 0 Å². The lowest BCUT2D eigenvalue weighted by atomic mass is 9.99. The van der Waals surface area contributed by atoms with Crippen molar-refractivity contribution in [1.29, 1.82) is 0 Å². The third-order valence-corrected chi connectivity index (χ3v) is 3.37. The topological polar surface area (TPSA) is 38.2 Å². The van der Waals surface area contributed by atoms with Crippen LogP contribution >= 0.6 is 22.6 Å². The Bertz CT molecular complexity index is 329. The molecule has 1 fully saturated rings. The molecule has 16 heavy (non-hydrogen) atoms. The van der Waals surface area contributed by atoms with Crippen LogP contribution in [0, 0.1) is 9.49 Å². The van der Waals surface area contributed by atoms with E-state index in [1.54, 1.807) is 7.11 Å². The van der Waals surface area contributed by atoms with Gasteiger partial charge >= 0.3 is 0 Å². The highest BCUT2D eigenvalue weighted by molar-refractivity contribution is 14.1. The largest absolute Gasteiger partial charge is 0.384 e. The van der Waals surface area contributed by atoms with E-state index in [9.17, 15) is 0 Å². The smallest absolute Gasteiger partial charge is 0.225 e. The predicted octanol–water partition coefficient (Wildman–Crippen LogP) is 1.94. The van der Waals surface area contributed by atoms with Gasteiger partial charge in [-0.05, 0) is 41.4 Å². The zero-order valence-corrected chi connectivity index (χ0v) is 11.6. The van der Waals surface area contributed by atoms with Gasteiger partial charge in [-0.25, -0.2) is 9.97 Å². The fourth-order valence-electron chi connectivity index (χ4n) is 2.09. The quantitative estimate of drug-likeness (QED) is 0.793. The third-order valence-electron chi connectivity index (χ3n) is 2.81. The zero-order valence-electron chi connectivity index (χ0n) is 9.40. The molecule has 1 unspecified atom stereocenters. The third kappa shape index (κ3) is 3.04. The minimum absolute atomic E-state index is 0.613. The Kier molecular flexibility index (Phi) is 4.34. The lowest BCUT2D eigenvalue weighted by Crippen LogP contribution is -2.38. The summed E-state index contributed by atoms with van der Waals surface area (Å²) in [6.45, 7) is 2.90. The molecule has 0 N–H and O–H groups in total. The van der Waals surface area contributed by atoms with Gasteiger partial charge in [0.2, 0.25) is 5.95 Å². The molecule has 5 heteroatoms. The summed E-state index contributed by atoms with van der Waals surface area (Å²) in [6.07, 6.45) is 6.17. The molecular formula is C11H16IN3O. The average molecular weight is 333 g/mol. The van der Waals surface area contributed by atoms with E-state index in [4.69, 9.17) is 4.74 Å². The second kappa shape index (κ2) is 5.77. The van der Waals surface area contributed by atoms with Gasteiger partial charge in [-0.15, -0.1) is 0 Å². The van der Waals surface area contributed by atoms with Gasteiger partial charge in [0.25, 0.3) is 0 Å². The van der Waals surface area contributed by atoms with Gasteiger partial charge in [-0.1, -0.05) is 0 Å². The maximum absolute atomic E-state index is 5.22. The number of hydrogen-bond donors (Lipinski definition) is 0. The number of nitrogens with zero attached hydrogens (tertiary/aromatic N) is 3. The van der Waals surface area contributed by atoms with Crippen LogP contribution in [0.5, 0.6) is 0 Å². The van der Waals surface area contributed by atoms with Gasteiger partial charge in [0.15, 0.2) is 0 Å². The fraction of sp³-hybridized carbons (Fsp3) is 0.636. The lowest BCUT2D eigenvalue weighted by Gasteiger charge is -2.32. The van der Waals surface area contributed by atoms with Gasteiger partial charge in [0.05, 0.1) is 6.61 Å². The predicted molar refractivity (Wildman–Crippen MR) is 71.6 cm³/mol. The minimum Gasteiger partial charge on any atom is -0.384 e. The van der Waals surface area contributed by atoms with E-state index in [2.05, 4.69) is 37.5 Å². The van der Waals surface area contributed by atoms with Crippen molar-refractivity contribution in [2.45, 2.75) is 12.8 Å². The van der Waals surface area contributed by atoms with Crippen molar-refractivity contribution < 1.29 is 4.74 Å². The van der Waals surface area contributed by atoms with Crippen LogP contribution in [-0.2, 0) is 4.74 Å². The Morgan fingerprint density at radius 1 is 1.50 bits per heavy atom. The number of piperidine rings is 1. The molecule has 0 radical (unpaired) electrons. The lowest BCUT2D eigenvalue weighted by molar-refractivity contribution is 0.143. The highest BCUT2D eigenvalue weighted by Gasteiger charge is 2.21. The van der Waals surface area contributed by atoms with Gasteiger partial charge in [-0.3, -0.25) is 0 Å². The van der Waals surface area contributed by atoms with Crippen LogP contribution in [-0.4, -0.2) is 36.8 Å². The van der Waals surface area contributed by atoms with Crippen molar-refractivity contribution in [2.75, 3.05) is 31.7 Å². The molecular weight excluding hydrogens is 317 g/mol. The van der Waals surface area contributed by atoms with Crippen molar-refractivity contribution in [1.82, 2.24) is 9.97 Å². The first-order valence-corrected chi connectivity index (χ1v) is 6.59. The number of halogens is 1. The van der Waals surface area contributed by atoms with Crippen molar-refractivity contribution >= 4 is 28.5 Å². The van der Waals surface area contributed by atoms with Crippen LogP contribution < -0.4 is 4.90 Å². The molecule has 1 aromatic heterocycles. The van der Waals surface area contributed by atoms with E-state index in [1.807, 2.05) is 12.4 Å². The van der Waals surface area contributed by atoms with E-state index in [0.29, 0.717) is 5.92 Å². The number of anilines is 1. The Morgan fingerprint density at radius 3 is 2.94 bits per heavy atom. The summed E-state index contributed by atoms with van der Waals surface area (Å²) in [5.41, 5.74) is 0. The molecule has 1 saturated heterocycles. The van der Waals surface area contributed by atoms with Crippen LogP contribution in [0.2, 0.25) is 0 Å². The van der Waals surface area contributed by atoms with Gasteiger partial charge < -0.3 is 9.64 Å². The molecule has 88 valence electrons. The Labute approximate surface area is 110 Å². The minimum atomic E-state index is 0.613. The zero-order chi connectivity index (χ0) is 11.4. The van der Waals surface area contributed by atoms with E-state index in [1.165, 1.54) is 12.8 Å². The van der Waals surface area contributed by atoms with Crippen molar-refractivity contribution in [3.63, 3.8) is 0 Å². The molecule has 0 bridgehead atoms. The van der Waals surface area contributed by atoms with Crippen LogP contribution in [0.1, 0.15) is 12.8 Å². The number of ether oxygens (including phenoxy) is 1. The average Bonchev–Trinajstić information content (AvgIpc) is 2.31. The standard InChI is InChI=1S/C11H16IN3O/c1-16-8-9-3-2-4-15(7-9)11-13-5-10(12)6-14-11/h5-6,9H,2-4,7-8H2,1H3. The van der Waals surface area contributed by atoms with Crippen LogP contribution in [0.15, 0.2) is 12.4 Å². The summed E-state index contributed by atoms with van der Waals surface area (Å²) >= 11 is 2.22. The van der Waals surface area contributed by atoms with Crippen molar-refractivity contribution in [3.05, 3.63) is 16.0 Å². The molecule has 1 atom stereocenters. The first-order valence-electron chi connectivity index (χ1n) is 5.51. The van der Waals surface area contributed by atoms with Crippen LogP contribution in [0.25, 0.3) is 0 Å². The fourth-order valence-corrected chi connectivity index (χ4v) is 2.37. The maximum Gasteiger partial charge on any atom is 0.225 e. The summed E-state index contributed by atoms with van der Waals surface area (Å²) in [5, 5.41) is 0. The molecule has 1 aromatic rings. The highest BCUT2D eigenvalue weighted by atomic mass is 127. The highest BCUT2D eigenvalue weighted by Crippen LogP contribution is 2.20. The SMILES string of the molecule is COCC1CCCN(c2ncc(I)cn2)C1. The Morgan fingerprint density at radius 2 is 2.25 bits per heavy atom. The molecule has 0 aromatic carbocycles. The molecule has 2 rings (SSSR count). The second-order valence-electron chi connectivity index (χ2n) is 4.11. The molecule has 1 aliphatic heterocycles. The number of aromatic nitrogens is 2. The molecule has 2 heterocycles. The van der Waals surface area contributed by atoms with Gasteiger partial charge in [-0.2, -0.15) is 0 Å². The summed E-state index contributed by atoms with van der Waals surface area (Å²) in [7, 11) is 1.76. The van der Waals surface area contributed by atoms with Gasteiger partial charge in [0.1, 0.15) is 0 Å². The van der Waals surface area contributed by atoms with E-state index >= 15 is 0 Å². The van der Waals surface area contributed by atoms with Crippen molar-refractivity contribution in [3.8, 4) is 0 Å². The molecule has 1 aliphatic rings. The summed E-state index contributed by atoms with van der Waals surface area (Å²) in [5.74, 6) is 1.46. The molecule has 0 aliphatic carbocycles. The van der Waals surface area contributed by atoms with Crippen molar-refractivity contribution in [2.24, 2.45) is 5.92 Å². The van der Waals surface area contributed by atoms with Gasteiger partial charge in [0, 0.05) is 36.2 Å². The number of methoxy groups -OCH3 is 1. The first kappa shape index (κ1) is 12.0. The Hall–Kier alpha value is -0.430. The molecule has 4 nitrogen and oxygen atoms in total. The Balaban J connectivity index is 2.01. The van der Waals surface area contributed by atoms with Crippen LogP contribution in [0.4, 0.5) is 5.95 Å².